The van der Waals surface area contributed by atoms with Crippen LogP contribution in [0.1, 0.15) is 11.1 Å². The number of halogens is 1. The van der Waals surface area contributed by atoms with Crippen molar-refractivity contribution in [1.82, 2.24) is 4.98 Å². The van der Waals surface area contributed by atoms with E-state index in [0.29, 0.717) is 18.1 Å². The Hall–Kier alpha value is -1.39. The molecular weight excluding hydrogens is 228 g/mol. The van der Waals surface area contributed by atoms with Gasteiger partial charge in [0, 0.05) is 12.3 Å². The lowest BCUT2D eigenvalue weighted by Crippen LogP contribution is -2.05. The van der Waals surface area contributed by atoms with Crippen LogP contribution < -0.4 is 5.73 Å². The summed E-state index contributed by atoms with van der Waals surface area (Å²) in [5.41, 5.74) is 7.15. The maximum atomic E-state index is 11.0. The van der Waals surface area contributed by atoms with Gasteiger partial charge in [0.25, 0.3) is 0 Å². The Labute approximate surface area is 99.1 Å². The van der Waals surface area contributed by atoms with Gasteiger partial charge in [-0.1, -0.05) is 11.6 Å². The number of nitrogens with zero attached hydrogens (tertiary/aromatic N) is 1. The van der Waals surface area contributed by atoms with Gasteiger partial charge in [0.05, 0.1) is 7.11 Å². The Bertz CT molecular complexity index is 405. The van der Waals surface area contributed by atoms with E-state index in [1.165, 1.54) is 13.2 Å². The number of nitrogens with two attached hydrogens (primary N) is 1. The molecule has 1 aromatic rings. The first kappa shape index (κ1) is 12.7. The maximum Gasteiger partial charge on any atom is 0.330 e. The summed E-state index contributed by atoms with van der Waals surface area (Å²) in [5.74, 6) is -0.411. The van der Waals surface area contributed by atoms with E-state index in [-0.39, 0.29) is 0 Å². The molecule has 16 heavy (non-hydrogen) atoms. The number of hydrogen-bond acceptors (Lipinski definition) is 4. The van der Waals surface area contributed by atoms with Gasteiger partial charge in [0.1, 0.15) is 5.15 Å². The summed E-state index contributed by atoms with van der Waals surface area (Å²) < 4.78 is 4.50. The van der Waals surface area contributed by atoms with Gasteiger partial charge in [0.2, 0.25) is 0 Å². The van der Waals surface area contributed by atoms with Crippen molar-refractivity contribution in [3.63, 3.8) is 0 Å². The molecule has 0 bridgehead atoms. The van der Waals surface area contributed by atoms with Gasteiger partial charge >= 0.3 is 5.97 Å². The highest BCUT2D eigenvalue weighted by Crippen LogP contribution is 2.19. The van der Waals surface area contributed by atoms with E-state index in [4.69, 9.17) is 17.3 Å². The molecule has 1 heterocycles. The number of pyridine rings is 1. The standard InChI is InChI=1S/C11H13ClN2O2/c1-16-10(15)3-2-8-5-7-14-11(12)9(8)4-6-13/h2-3,5,7H,4,6,13H2,1H3. The zero-order valence-electron chi connectivity index (χ0n) is 8.94. The zero-order valence-corrected chi connectivity index (χ0v) is 9.70. The molecule has 0 aliphatic carbocycles. The first-order valence-electron chi connectivity index (χ1n) is 4.78. The van der Waals surface area contributed by atoms with Crippen LogP contribution in [0.15, 0.2) is 18.3 Å². The van der Waals surface area contributed by atoms with Gasteiger partial charge in [-0.15, -0.1) is 0 Å². The first-order chi connectivity index (χ1) is 7.69. The normalized spacial score (nSPS) is 10.7. The first-order valence-corrected chi connectivity index (χ1v) is 5.16. The number of carbonyl (C=O) groups excluding carboxylic acids is 1. The van der Waals surface area contributed by atoms with Crippen molar-refractivity contribution in [2.24, 2.45) is 5.73 Å². The summed E-state index contributed by atoms with van der Waals surface area (Å²) in [5, 5.41) is 0.414. The van der Waals surface area contributed by atoms with E-state index in [9.17, 15) is 4.79 Å². The summed E-state index contributed by atoms with van der Waals surface area (Å²) in [6.07, 6.45) is 5.18. The van der Waals surface area contributed by atoms with Crippen LogP contribution in [0.5, 0.6) is 0 Å². The van der Waals surface area contributed by atoms with Gasteiger partial charge in [-0.2, -0.15) is 0 Å². The molecule has 0 atom stereocenters. The lowest BCUT2D eigenvalue weighted by molar-refractivity contribution is -0.134. The van der Waals surface area contributed by atoms with E-state index in [1.807, 2.05) is 0 Å². The van der Waals surface area contributed by atoms with Gasteiger partial charge in [0.15, 0.2) is 0 Å². The second-order valence-corrected chi connectivity index (χ2v) is 3.42. The third kappa shape index (κ3) is 3.32. The molecule has 86 valence electrons. The SMILES string of the molecule is COC(=O)C=Cc1ccnc(Cl)c1CCN. The van der Waals surface area contributed by atoms with Crippen LogP contribution >= 0.6 is 11.6 Å². The fourth-order valence-corrected chi connectivity index (χ4v) is 1.51. The molecule has 1 aromatic heterocycles. The van der Waals surface area contributed by atoms with Crippen molar-refractivity contribution in [3.05, 3.63) is 34.6 Å². The molecule has 0 fully saturated rings. The number of carbonyl (C=O) groups is 1. The molecule has 0 saturated heterocycles. The zero-order chi connectivity index (χ0) is 12.0. The molecule has 0 aliphatic heterocycles. The fourth-order valence-electron chi connectivity index (χ4n) is 1.25. The average Bonchev–Trinajstić information content (AvgIpc) is 2.29. The summed E-state index contributed by atoms with van der Waals surface area (Å²) in [6.45, 7) is 0.477. The molecule has 0 aromatic carbocycles. The van der Waals surface area contributed by atoms with E-state index in [1.54, 1.807) is 18.3 Å². The fraction of sp³-hybridized carbons (Fsp3) is 0.273. The van der Waals surface area contributed by atoms with Crippen molar-refractivity contribution in [1.29, 1.82) is 0 Å². The molecule has 4 nitrogen and oxygen atoms in total. The predicted octanol–water partition coefficient (Wildman–Crippen LogP) is 1.42. The van der Waals surface area contributed by atoms with E-state index < -0.39 is 5.97 Å². The molecule has 0 aliphatic rings. The third-order valence-corrected chi connectivity index (χ3v) is 2.36. The smallest absolute Gasteiger partial charge is 0.330 e. The highest BCUT2D eigenvalue weighted by molar-refractivity contribution is 6.30. The Morgan fingerprint density at radius 1 is 1.69 bits per heavy atom. The lowest BCUT2D eigenvalue weighted by atomic mass is 10.1. The van der Waals surface area contributed by atoms with Crippen molar-refractivity contribution in [3.8, 4) is 0 Å². The largest absolute Gasteiger partial charge is 0.466 e. The van der Waals surface area contributed by atoms with Gasteiger partial charge < -0.3 is 10.5 Å². The number of hydrogen-bond donors (Lipinski definition) is 1. The lowest BCUT2D eigenvalue weighted by Gasteiger charge is -2.05. The minimum atomic E-state index is -0.411. The van der Waals surface area contributed by atoms with Gasteiger partial charge in [-0.3, -0.25) is 0 Å². The average molecular weight is 241 g/mol. The number of ether oxygens (including phenoxy) is 1. The molecule has 2 N–H and O–H groups in total. The van der Waals surface area contributed by atoms with Crippen molar-refractivity contribution < 1.29 is 9.53 Å². The van der Waals surface area contributed by atoms with E-state index >= 15 is 0 Å². The van der Waals surface area contributed by atoms with Crippen LogP contribution in [-0.4, -0.2) is 24.6 Å². The quantitative estimate of drug-likeness (QED) is 0.491. The topological polar surface area (TPSA) is 65.2 Å². The maximum absolute atomic E-state index is 11.0. The molecule has 5 heteroatoms. The van der Waals surface area contributed by atoms with Gasteiger partial charge in [-0.05, 0) is 36.2 Å². The molecule has 0 radical (unpaired) electrons. The molecule has 0 saturated carbocycles. The summed E-state index contributed by atoms with van der Waals surface area (Å²) in [4.78, 5) is 14.9. The number of esters is 1. The summed E-state index contributed by atoms with van der Waals surface area (Å²) in [7, 11) is 1.33. The Morgan fingerprint density at radius 2 is 2.44 bits per heavy atom. The number of aromatic nitrogens is 1. The molecule has 1 rings (SSSR count). The number of methoxy groups -OCH3 is 1. The Morgan fingerprint density at radius 3 is 3.06 bits per heavy atom. The Balaban J connectivity index is 2.98. The van der Waals surface area contributed by atoms with Crippen LogP contribution in [0.3, 0.4) is 0 Å². The highest BCUT2D eigenvalue weighted by Gasteiger charge is 2.05. The van der Waals surface area contributed by atoms with E-state index in [0.717, 1.165) is 11.1 Å². The van der Waals surface area contributed by atoms with Crippen molar-refractivity contribution in [2.45, 2.75) is 6.42 Å². The van der Waals surface area contributed by atoms with Gasteiger partial charge in [-0.25, -0.2) is 9.78 Å². The second kappa shape index (κ2) is 6.25. The van der Waals surface area contributed by atoms with Crippen molar-refractivity contribution in [2.75, 3.05) is 13.7 Å². The molecule has 0 amide bonds. The monoisotopic (exact) mass is 240 g/mol. The molecule has 0 spiro atoms. The van der Waals surface area contributed by atoms with Crippen molar-refractivity contribution >= 4 is 23.6 Å². The Kier molecular flexibility index (Phi) is 4.95. The third-order valence-electron chi connectivity index (χ3n) is 2.03. The van der Waals surface area contributed by atoms with Crippen LogP contribution in [0, 0.1) is 0 Å². The van der Waals surface area contributed by atoms with E-state index in [2.05, 4.69) is 9.72 Å². The predicted molar refractivity (Wildman–Crippen MR) is 63.1 cm³/mol. The second-order valence-electron chi connectivity index (χ2n) is 3.06. The summed E-state index contributed by atoms with van der Waals surface area (Å²) in [6, 6.07) is 1.77. The van der Waals surface area contributed by atoms with Crippen LogP contribution in [0.2, 0.25) is 5.15 Å². The minimum Gasteiger partial charge on any atom is -0.466 e. The highest BCUT2D eigenvalue weighted by atomic mass is 35.5. The molecular formula is C11H13ClN2O2. The van der Waals surface area contributed by atoms with Crippen LogP contribution in [0.4, 0.5) is 0 Å². The molecule has 0 unspecified atom stereocenters. The van der Waals surface area contributed by atoms with Crippen LogP contribution in [0.25, 0.3) is 6.08 Å². The number of rotatable bonds is 4. The summed E-state index contributed by atoms with van der Waals surface area (Å²) >= 11 is 5.94. The minimum absolute atomic E-state index is 0.411. The van der Waals surface area contributed by atoms with Crippen LogP contribution in [-0.2, 0) is 16.0 Å².